The van der Waals surface area contributed by atoms with Gasteiger partial charge in [0.15, 0.2) is 0 Å². The van der Waals surface area contributed by atoms with Gasteiger partial charge in [0.1, 0.15) is 5.82 Å². The molecule has 5 nitrogen and oxygen atoms in total. The highest BCUT2D eigenvalue weighted by atomic mass is 15.2. The van der Waals surface area contributed by atoms with Crippen LogP contribution in [0.25, 0.3) is 0 Å². The Morgan fingerprint density at radius 3 is 2.43 bits per heavy atom. The van der Waals surface area contributed by atoms with E-state index in [4.69, 9.17) is 9.97 Å². The van der Waals surface area contributed by atoms with Crippen LogP contribution in [-0.4, -0.2) is 67.1 Å². The van der Waals surface area contributed by atoms with Crippen LogP contribution in [0.2, 0.25) is 0 Å². The fourth-order valence-corrected chi connectivity index (χ4v) is 3.08. The molecule has 1 unspecified atom stereocenters. The fraction of sp³-hybridized carbons (Fsp3) is 0.750. The predicted octanol–water partition coefficient (Wildman–Crippen LogP) is 1.16. The van der Waals surface area contributed by atoms with E-state index in [1.54, 1.807) is 0 Å². The van der Waals surface area contributed by atoms with Gasteiger partial charge in [0.05, 0.1) is 6.04 Å². The number of hydrogen-bond acceptors (Lipinski definition) is 5. The van der Waals surface area contributed by atoms with Crippen molar-refractivity contribution in [3.63, 3.8) is 0 Å². The van der Waals surface area contributed by atoms with Crippen molar-refractivity contribution in [1.29, 1.82) is 0 Å². The second-order valence-corrected chi connectivity index (χ2v) is 6.20. The number of hydrogen-bond donors (Lipinski definition) is 1. The van der Waals surface area contributed by atoms with Crippen LogP contribution in [0.5, 0.6) is 0 Å². The monoisotopic (exact) mass is 291 g/mol. The summed E-state index contributed by atoms with van der Waals surface area (Å²) in [5.74, 6) is 0.981. The first kappa shape index (κ1) is 16.3. The largest absolute Gasteiger partial charge is 0.319 e. The number of likely N-dealkylation sites (N-methyl/N-ethyl adjacent to an activating group) is 3. The van der Waals surface area contributed by atoms with Crippen molar-refractivity contribution in [1.82, 2.24) is 25.1 Å². The third-order valence-corrected chi connectivity index (χ3v) is 4.43. The highest BCUT2D eigenvalue weighted by molar-refractivity contribution is 5.25. The van der Waals surface area contributed by atoms with Gasteiger partial charge in [-0.25, -0.2) is 9.97 Å². The lowest BCUT2D eigenvalue weighted by Gasteiger charge is -2.27. The third kappa shape index (κ3) is 3.99. The van der Waals surface area contributed by atoms with Crippen LogP contribution in [0.1, 0.15) is 35.2 Å². The molecule has 0 radical (unpaired) electrons. The van der Waals surface area contributed by atoms with E-state index in [9.17, 15) is 0 Å². The van der Waals surface area contributed by atoms with Gasteiger partial charge in [0.2, 0.25) is 0 Å². The molecule has 0 saturated carbocycles. The minimum absolute atomic E-state index is 0.299. The minimum atomic E-state index is 0.299. The third-order valence-electron chi connectivity index (χ3n) is 4.43. The van der Waals surface area contributed by atoms with E-state index in [-0.39, 0.29) is 0 Å². The molecule has 21 heavy (non-hydrogen) atoms. The average molecular weight is 291 g/mol. The lowest BCUT2D eigenvalue weighted by molar-refractivity contribution is 0.219. The van der Waals surface area contributed by atoms with Crippen LogP contribution < -0.4 is 5.32 Å². The molecule has 118 valence electrons. The van der Waals surface area contributed by atoms with Crippen molar-refractivity contribution in [2.24, 2.45) is 0 Å². The highest BCUT2D eigenvalue weighted by Gasteiger charge is 2.25. The fourth-order valence-electron chi connectivity index (χ4n) is 3.08. The molecule has 0 bridgehead atoms. The standard InChI is InChI=1S/C16H29N5/c1-12-14(7-8-17-3)13(2)19-16(18-12)15-11-20(4)9-6-10-21(15)5/h15,17H,6-11H2,1-5H3. The first-order chi connectivity index (χ1) is 10.0. The van der Waals surface area contributed by atoms with E-state index >= 15 is 0 Å². The van der Waals surface area contributed by atoms with Gasteiger partial charge in [-0.15, -0.1) is 0 Å². The first-order valence-electron chi connectivity index (χ1n) is 7.90. The summed E-state index contributed by atoms with van der Waals surface area (Å²) in [5, 5.41) is 3.20. The Labute approximate surface area is 128 Å². The molecular formula is C16H29N5. The molecule has 5 heteroatoms. The molecule has 0 aliphatic carbocycles. The van der Waals surface area contributed by atoms with Crippen LogP contribution in [0.4, 0.5) is 0 Å². The Balaban J connectivity index is 2.26. The molecule has 1 aliphatic rings. The van der Waals surface area contributed by atoms with Gasteiger partial charge in [0, 0.05) is 17.9 Å². The summed E-state index contributed by atoms with van der Waals surface area (Å²) in [5.41, 5.74) is 3.55. The summed E-state index contributed by atoms with van der Waals surface area (Å²) in [7, 11) is 6.36. The van der Waals surface area contributed by atoms with Gasteiger partial charge >= 0.3 is 0 Å². The highest BCUT2D eigenvalue weighted by Crippen LogP contribution is 2.22. The van der Waals surface area contributed by atoms with E-state index in [0.29, 0.717) is 6.04 Å². The molecular weight excluding hydrogens is 262 g/mol. The maximum Gasteiger partial charge on any atom is 0.147 e. The second-order valence-electron chi connectivity index (χ2n) is 6.20. The topological polar surface area (TPSA) is 44.3 Å². The van der Waals surface area contributed by atoms with Crippen LogP contribution >= 0.6 is 0 Å². The normalized spacial score (nSPS) is 21.5. The predicted molar refractivity (Wildman–Crippen MR) is 86.6 cm³/mol. The van der Waals surface area contributed by atoms with Gasteiger partial charge in [-0.2, -0.15) is 0 Å². The number of nitrogens with zero attached hydrogens (tertiary/aromatic N) is 4. The number of rotatable bonds is 4. The molecule has 1 aromatic rings. The summed E-state index contributed by atoms with van der Waals surface area (Å²) in [6.07, 6.45) is 2.20. The molecule has 2 rings (SSSR count). The van der Waals surface area contributed by atoms with E-state index in [0.717, 1.165) is 49.8 Å². The SMILES string of the molecule is CNCCc1c(C)nc(C2CN(C)CCCN2C)nc1C. The molecule has 1 fully saturated rings. The molecule has 0 aromatic carbocycles. The maximum atomic E-state index is 4.83. The van der Waals surface area contributed by atoms with Crippen LogP contribution in [0, 0.1) is 13.8 Å². The summed E-state index contributed by atoms with van der Waals surface area (Å²) in [6, 6.07) is 0.299. The Morgan fingerprint density at radius 1 is 1.14 bits per heavy atom. The Morgan fingerprint density at radius 2 is 1.81 bits per heavy atom. The first-order valence-corrected chi connectivity index (χ1v) is 7.90. The summed E-state index contributed by atoms with van der Waals surface area (Å²) in [4.78, 5) is 14.4. The van der Waals surface area contributed by atoms with Crippen molar-refractivity contribution >= 4 is 0 Å². The van der Waals surface area contributed by atoms with Gasteiger partial charge < -0.3 is 10.2 Å². The van der Waals surface area contributed by atoms with Gasteiger partial charge in [0.25, 0.3) is 0 Å². The minimum Gasteiger partial charge on any atom is -0.319 e. The zero-order valence-electron chi connectivity index (χ0n) is 14.1. The smallest absolute Gasteiger partial charge is 0.147 e. The van der Waals surface area contributed by atoms with Crippen molar-refractivity contribution in [2.45, 2.75) is 32.7 Å². The zero-order valence-corrected chi connectivity index (χ0v) is 14.1. The van der Waals surface area contributed by atoms with E-state index in [1.807, 2.05) is 7.05 Å². The van der Waals surface area contributed by atoms with Crippen molar-refractivity contribution in [2.75, 3.05) is 47.3 Å². The lowest BCUT2D eigenvalue weighted by atomic mass is 10.1. The zero-order chi connectivity index (χ0) is 15.4. The Kier molecular flexibility index (Phi) is 5.67. The number of nitrogens with one attached hydrogen (secondary N) is 1. The van der Waals surface area contributed by atoms with Crippen LogP contribution in [0.3, 0.4) is 0 Å². The molecule has 2 heterocycles. The lowest BCUT2D eigenvalue weighted by Crippen LogP contribution is -2.32. The second kappa shape index (κ2) is 7.29. The van der Waals surface area contributed by atoms with E-state index in [2.05, 4.69) is 43.1 Å². The number of aromatic nitrogens is 2. The van der Waals surface area contributed by atoms with Gasteiger partial charge in [-0.1, -0.05) is 0 Å². The van der Waals surface area contributed by atoms with Crippen LogP contribution in [-0.2, 0) is 6.42 Å². The van der Waals surface area contributed by atoms with E-state index in [1.165, 1.54) is 12.0 Å². The van der Waals surface area contributed by atoms with Crippen LogP contribution in [0.15, 0.2) is 0 Å². The summed E-state index contributed by atoms with van der Waals surface area (Å²) < 4.78 is 0. The Bertz CT molecular complexity index is 451. The molecule has 0 spiro atoms. The summed E-state index contributed by atoms with van der Waals surface area (Å²) >= 11 is 0. The quantitative estimate of drug-likeness (QED) is 0.902. The average Bonchev–Trinajstić information content (AvgIpc) is 2.59. The maximum absolute atomic E-state index is 4.83. The van der Waals surface area contributed by atoms with Crippen molar-refractivity contribution in [3.05, 3.63) is 22.8 Å². The van der Waals surface area contributed by atoms with Crippen molar-refractivity contribution < 1.29 is 0 Å². The molecule has 1 N–H and O–H groups in total. The molecule has 0 amide bonds. The van der Waals surface area contributed by atoms with Gasteiger partial charge in [-0.05, 0) is 73.0 Å². The molecule has 1 saturated heterocycles. The summed E-state index contributed by atoms with van der Waals surface area (Å²) in [6.45, 7) is 8.46. The van der Waals surface area contributed by atoms with E-state index < -0.39 is 0 Å². The number of aryl methyl sites for hydroxylation is 2. The molecule has 1 aliphatic heterocycles. The molecule has 1 atom stereocenters. The Hall–Kier alpha value is -1.04. The molecule has 1 aromatic heterocycles. The van der Waals surface area contributed by atoms with Gasteiger partial charge in [-0.3, -0.25) is 4.90 Å². The van der Waals surface area contributed by atoms with Crippen molar-refractivity contribution in [3.8, 4) is 0 Å².